The lowest BCUT2D eigenvalue weighted by Gasteiger charge is -2.11. The molecule has 486 valence electrons. The molecule has 0 radical (unpaired) electrons. The minimum absolute atomic E-state index is 0. The Morgan fingerprint density at radius 2 is 0.684 bits per heavy atom. The van der Waals surface area contributed by atoms with Gasteiger partial charge in [0.25, 0.3) is 0 Å². The van der Waals surface area contributed by atoms with Crippen LogP contribution in [-0.4, -0.2) is 18.7 Å². The van der Waals surface area contributed by atoms with Crippen molar-refractivity contribution < 1.29 is 0 Å². The number of pyridine rings is 1. The van der Waals surface area contributed by atoms with E-state index in [1.54, 1.807) is 0 Å². The van der Waals surface area contributed by atoms with Crippen LogP contribution in [-0.2, 0) is 6.54 Å². The lowest BCUT2D eigenvalue weighted by molar-refractivity contribution is 0.730. The third kappa shape index (κ3) is 14.1. The van der Waals surface area contributed by atoms with Gasteiger partial charge in [-0.25, -0.2) is 0 Å². The van der Waals surface area contributed by atoms with Gasteiger partial charge < -0.3 is 13.7 Å². The maximum Gasteiger partial charge on any atom is 0.0709 e. The van der Waals surface area contributed by atoms with Crippen LogP contribution in [0.3, 0.4) is 0 Å². The van der Waals surface area contributed by atoms with Crippen LogP contribution in [0.5, 0.6) is 0 Å². The number of hydrogen-bond acceptors (Lipinski definition) is 1. The molecule has 0 saturated heterocycles. The fourth-order valence-corrected chi connectivity index (χ4v) is 13.2. The first kappa shape index (κ1) is 72.4. The molecule has 3 unspecified atom stereocenters. The molecule has 4 aromatic heterocycles. The predicted octanol–water partition coefficient (Wildman–Crippen LogP) is 27.8. The van der Waals surface area contributed by atoms with Gasteiger partial charge in [0.05, 0.1) is 27.8 Å². The molecule has 0 spiro atoms. The fraction of sp³-hybridized carbons (Fsp3) is 0.220. The largest absolute Gasteiger partial charge is 0.341 e. The molecule has 95 heavy (non-hydrogen) atoms. The Morgan fingerprint density at radius 1 is 0.295 bits per heavy atom. The normalized spacial score (nSPS) is 11.7. The topological polar surface area (TPSA) is 27.7 Å². The average Bonchev–Trinajstić information content (AvgIpc) is 1.61. The molecular weight excluding hydrogens is 1150 g/mol. The first-order chi connectivity index (χ1) is 43.7. The highest BCUT2D eigenvalue weighted by Gasteiger charge is 2.19. The van der Waals surface area contributed by atoms with Crippen molar-refractivity contribution in [2.45, 2.75) is 137 Å². The van der Waals surface area contributed by atoms with Gasteiger partial charge in [0.1, 0.15) is 0 Å². The van der Waals surface area contributed by atoms with Gasteiger partial charge >= 0.3 is 0 Å². The van der Waals surface area contributed by atoms with E-state index in [9.17, 15) is 0 Å². The van der Waals surface area contributed by atoms with E-state index >= 15 is 0 Å². The van der Waals surface area contributed by atoms with Crippen LogP contribution in [0.2, 0.25) is 0 Å². The Balaban J connectivity index is 0.000000198. The molecule has 0 aliphatic rings. The molecule has 4 nitrogen and oxygen atoms in total. The first-order valence-electron chi connectivity index (χ1n) is 32.2. The Labute approximate surface area is 569 Å². The Hall–Kier alpha value is -10.0. The van der Waals surface area contributed by atoms with Crippen molar-refractivity contribution >= 4 is 65.4 Å². The van der Waals surface area contributed by atoms with Crippen molar-refractivity contribution in [3.63, 3.8) is 0 Å². The fourth-order valence-electron chi connectivity index (χ4n) is 13.2. The Morgan fingerprint density at radius 3 is 1.18 bits per heavy atom. The molecule has 0 bridgehead atoms. The summed E-state index contributed by atoms with van der Waals surface area (Å²) in [6.07, 6.45) is 5.51. The number of benzene rings is 11. The van der Waals surface area contributed by atoms with Crippen molar-refractivity contribution in [1.29, 1.82) is 0 Å². The molecule has 0 aliphatic heterocycles. The van der Waals surface area contributed by atoms with E-state index in [0.29, 0.717) is 17.8 Å². The lowest BCUT2D eigenvalue weighted by atomic mass is 9.93. The summed E-state index contributed by atoms with van der Waals surface area (Å²) in [6.45, 7) is 16.8. The smallest absolute Gasteiger partial charge is 0.0709 e. The molecule has 11 aromatic carbocycles. The van der Waals surface area contributed by atoms with E-state index in [2.05, 4.69) is 335 Å². The molecule has 4 heterocycles. The zero-order valence-electron chi connectivity index (χ0n) is 52.4. The number of para-hydroxylation sites is 5. The third-order valence-electron chi connectivity index (χ3n) is 18.8. The minimum atomic E-state index is 0. The number of nitrogens with zero attached hydrogens (tertiary/aromatic N) is 4. The van der Waals surface area contributed by atoms with Gasteiger partial charge in [-0.05, 0) is 173 Å². The summed E-state index contributed by atoms with van der Waals surface area (Å²) in [7, 11) is 0. The number of aryl methyl sites for hydroxylation is 1. The molecule has 0 amide bonds. The second-order valence-corrected chi connectivity index (χ2v) is 24.0. The first-order valence-corrected chi connectivity index (χ1v) is 32.2. The van der Waals surface area contributed by atoms with Crippen molar-refractivity contribution in [2.75, 3.05) is 0 Å². The molecule has 0 fully saturated rings. The van der Waals surface area contributed by atoms with E-state index in [1.165, 1.54) is 139 Å². The molecular formula is C91H102N4. The van der Waals surface area contributed by atoms with Crippen LogP contribution in [0.4, 0.5) is 0 Å². The van der Waals surface area contributed by atoms with Crippen LogP contribution >= 0.6 is 0 Å². The van der Waals surface area contributed by atoms with Gasteiger partial charge in [0.2, 0.25) is 0 Å². The Bertz CT molecular complexity index is 4910. The zero-order chi connectivity index (χ0) is 61.0. The standard InChI is InChI=1S/C34H29N.C27H24N2.C24H25N.6CH4/c1-3-24(2)25-19-21-26(22-20-25)27-11-9-12-28(23-27)30-16-10-18-33-34(30)31-15-7-8-17-32(31)35(33)29-13-5-4-6-14-29;1-3-19(2)20-16-17-24(28-18-20)22-13-9-15-26-27(22)23-12-7-8-14-25(23)29(26)21-10-5-4-6-11-21;1-4-17(3)18-10-12-19(13-11-18)20-14-15-24-22(16-20)21-8-6-7-9-23(21)25(24)5-2;;;;;;/h4-24H,3H2,1-2H3;4-19H,3H2,1-2H3;6-17H,4-5H2,1-3H3;6*1H4. The minimum Gasteiger partial charge on any atom is -0.341 e. The van der Waals surface area contributed by atoms with Gasteiger partial charge in [-0.3, -0.25) is 4.98 Å². The van der Waals surface area contributed by atoms with E-state index in [1.807, 2.05) is 6.20 Å². The van der Waals surface area contributed by atoms with Crippen LogP contribution in [0.1, 0.15) is 147 Å². The highest BCUT2D eigenvalue weighted by Crippen LogP contribution is 2.42. The van der Waals surface area contributed by atoms with Crippen molar-refractivity contribution in [1.82, 2.24) is 18.7 Å². The summed E-state index contributed by atoms with van der Waals surface area (Å²) >= 11 is 0. The summed E-state index contributed by atoms with van der Waals surface area (Å²) in [5, 5.41) is 7.80. The molecule has 4 heteroatoms. The summed E-state index contributed by atoms with van der Waals surface area (Å²) in [6, 6.07) is 99.0. The van der Waals surface area contributed by atoms with E-state index in [4.69, 9.17) is 4.98 Å². The van der Waals surface area contributed by atoms with Crippen LogP contribution in [0.15, 0.2) is 279 Å². The number of hydrogen-bond donors (Lipinski definition) is 0. The molecule has 0 aliphatic carbocycles. The highest BCUT2D eigenvalue weighted by atomic mass is 15.0. The maximum absolute atomic E-state index is 4.85. The SMILES string of the molecule is C.C.C.C.C.C.CCC(C)c1ccc(-c2ccc3c(c2)c2ccccc2n3CC)cc1.CCC(C)c1ccc(-c2cccc(-c3cccc4c3c3ccccc3n4-c3ccccc3)c2)cc1.CCC(C)c1ccc(-c2cccc3c2c2ccccc2n3-c2ccccc2)nc1. The van der Waals surface area contributed by atoms with E-state index < -0.39 is 0 Å². The molecule has 3 atom stereocenters. The van der Waals surface area contributed by atoms with Gasteiger partial charge in [0.15, 0.2) is 0 Å². The summed E-state index contributed by atoms with van der Waals surface area (Å²) in [5.41, 5.74) is 23.9. The average molecular weight is 1250 g/mol. The molecule has 0 saturated carbocycles. The zero-order valence-corrected chi connectivity index (χ0v) is 52.4. The third-order valence-corrected chi connectivity index (χ3v) is 18.8. The number of fused-ring (bicyclic) bond motifs is 9. The molecule has 15 rings (SSSR count). The number of aromatic nitrogens is 4. The molecule has 0 N–H and O–H groups in total. The highest BCUT2D eigenvalue weighted by molar-refractivity contribution is 6.17. The monoisotopic (exact) mass is 1250 g/mol. The van der Waals surface area contributed by atoms with Crippen molar-refractivity contribution in [3.8, 4) is 56.0 Å². The predicted molar refractivity (Wildman–Crippen MR) is 423 cm³/mol. The van der Waals surface area contributed by atoms with Gasteiger partial charge in [-0.15, -0.1) is 0 Å². The van der Waals surface area contributed by atoms with Crippen molar-refractivity contribution in [2.24, 2.45) is 0 Å². The van der Waals surface area contributed by atoms with Gasteiger partial charge in [0, 0.05) is 73.0 Å². The second kappa shape index (κ2) is 32.2. The maximum atomic E-state index is 4.85. The van der Waals surface area contributed by atoms with Gasteiger partial charge in [-0.1, -0.05) is 280 Å². The summed E-state index contributed by atoms with van der Waals surface area (Å²) < 4.78 is 7.13. The van der Waals surface area contributed by atoms with Crippen molar-refractivity contribution in [3.05, 3.63) is 296 Å². The summed E-state index contributed by atoms with van der Waals surface area (Å²) in [5.74, 6) is 1.75. The quantitative estimate of drug-likeness (QED) is 0.113. The van der Waals surface area contributed by atoms with Crippen LogP contribution < -0.4 is 0 Å². The summed E-state index contributed by atoms with van der Waals surface area (Å²) in [4.78, 5) is 4.85. The number of rotatable bonds is 13. The molecule has 15 aromatic rings. The second-order valence-electron chi connectivity index (χ2n) is 24.0. The Kier molecular flexibility index (Phi) is 24.5. The van der Waals surface area contributed by atoms with E-state index in [0.717, 1.165) is 25.1 Å². The van der Waals surface area contributed by atoms with Crippen LogP contribution in [0, 0.1) is 0 Å². The lowest BCUT2D eigenvalue weighted by Crippen LogP contribution is -1.94. The van der Waals surface area contributed by atoms with Gasteiger partial charge in [-0.2, -0.15) is 0 Å². The van der Waals surface area contributed by atoms with E-state index in [-0.39, 0.29) is 44.6 Å². The van der Waals surface area contributed by atoms with Crippen LogP contribution in [0.25, 0.3) is 121 Å².